The fourth-order valence-electron chi connectivity index (χ4n) is 4.12. The first-order chi connectivity index (χ1) is 16.5. The second kappa shape index (κ2) is 10.3. The maximum absolute atomic E-state index is 13.8. The Morgan fingerprint density at radius 2 is 2.00 bits per heavy atom. The van der Waals surface area contributed by atoms with Gasteiger partial charge in [-0.3, -0.25) is 9.59 Å². The van der Waals surface area contributed by atoms with Crippen molar-refractivity contribution in [3.05, 3.63) is 57.9 Å². The summed E-state index contributed by atoms with van der Waals surface area (Å²) in [4.78, 5) is 27.6. The van der Waals surface area contributed by atoms with Gasteiger partial charge < -0.3 is 18.8 Å². The normalized spacial score (nSPS) is 16.9. The highest BCUT2D eigenvalue weighted by Crippen LogP contribution is 2.34. The largest absolute Gasteiger partial charge is 0.360 e. The van der Waals surface area contributed by atoms with Gasteiger partial charge in [-0.1, -0.05) is 17.7 Å². The molecule has 1 aliphatic rings. The van der Waals surface area contributed by atoms with Crippen LogP contribution in [-0.4, -0.2) is 70.3 Å². The lowest BCUT2D eigenvalue weighted by atomic mass is 10.1. The zero-order valence-electron chi connectivity index (χ0n) is 20.1. The molecule has 1 atom stereocenters. The van der Waals surface area contributed by atoms with E-state index >= 15 is 0 Å². The van der Waals surface area contributed by atoms with Gasteiger partial charge in [-0.25, -0.2) is 18.8 Å². The first-order valence-corrected chi connectivity index (χ1v) is 14.8. The fourth-order valence-corrected chi connectivity index (χ4v) is 4.92. The van der Waals surface area contributed by atoms with Crippen LogP contribution in [0.2, 0.25) is 5.02 Å². The molecule has 1 unspecified atom stereocenters. The highest BCUT2D eigenvalue weighted by molar-refractivity contribution is 8.32. The van der Waals surface area contributed by atoms with E-state index in [4.69, 9.17) is 16.3 Å². The Kier molecular flexibility index (Phi) is 7.59. The fraction of sp³-hybridized carbons (Fsp3) is 0.440. The van der Waals surface area contributed by atoms with Gasteiger partial charge in [0.15, 0.2) is 0 Å². The van der Waals surface area contributed by atoms with Gasteiger partial charge >= 0.3 is 0 Å². The zero-order chi connectivity index (χ0) is 25.3. The van der Waals surface area contributed by atoms with Crippen molar-refractivity contribution < 1.29 is 18.3 Å². The molecule has 3 aromatic rings. The number of fused-ring (bicyclic) bond motifs is 1. The first kappa shape index (κ1) is 25.7. The highest BCUT2D eigenvalue weighted by Gasteiger charge is 2.26. The topological polar surface area (TPSA) is 56.5 Å². The predicted molar refractivity (Wildman–Crippen MR) is 139 cm³/mol. The lowest BCUT2D eigenvalue weighted by Crippen LogP contribution is -2.35. The minimum absolute atomic E-state index is 0.0472. The number of carbonyl (C=O) groups excluding carboxylic acids is 1. The van der Waals surface area contributed by atoms with Crippen molar-refractivity contribution in [2.75, 3.05) is 44.2 Å². The van der Waals surface area contributed by atoms with E-state index in [9.17, 15) is 18.4 Å². The number of pyridine rings is 1. The number of alkyl halides is 1. The van der Waals surface area contributed by atoms with Gasteiger partial charge in [0, 0.05) is 30.3 Å². The van der Waals surface area contributed by atoms with Crippen molar-refractivity contribution in [1.82, 2.24) is 14.0 Å². The number of hydrogen-bond acceptors (Lipinski definition) is 3. The molecular formula is C25H30ClF2N3O3S. The number of benzene rings is 1. The summed E-state index contributed by atoms with van der Waals surface area (Å²) in [7, 11) is -0.699. The molecule has 0 radical (unpaired) electrons. The highest BCUT2D eigenvalue weighted by atomic mass is 35.5. The summed E-state index contributed by atoms with van der Waals surface area (Å²) in [5, 5.41) is 0.340. The third-order valence-corrected chi connectivity index (χ3v) is 7.78. The number of amides is 1. The number of ether oxygens (including phenoxy) is 1. The Bertz CT molecular complexity index is 1300. The SMILES string of the molecule is CS(C)(C)CCOCn1cc(-c2ccc(F)c(Cl)c2)c2c(=O)n(CC(=O)N3CCC(F)C3)ccc21. The molecule has 0 spiro atoms. The van der Waals surface area contributed by atoms with E-state index in [0.29, 0.717) is 41.6 Å². The Hall–Kier alpha value is -2.36. The van der Waals surface area contributed by atoms with E-state index in [1.54, 1.807) is 24.5 Å². The number of nitrogens with zero attached hydrogens (tertiary/aromatic N) is 3. The molecule has 4 rings (SSSR count). The molecule has 0 aliphatic carbocycles. The Balaban J connectivity index is 1.70. The second-order valence-electron chi connectivity index (χ2n) is 9.71. The van der Waals surface area contributed by atoms with Crippen LogP contribution in [0.3, 0.4) is 0 Å². The first-order valence-electron chi connectivity index (χ1n) is 11.4. The molecule has 1 saturated heterocycles. The van der Waals surface area contributed by atoms with Crippen molar-refractivity contribution in [2.24, 2.45) is 0 Å². The Labute approximate surface area is 209 Å². The average molecular weight is 526 g/mol. The second-order valence-corrected chi connectivity index (χ2v) is 14.7. The third kappa shape index (κ3) is 5.90. The van der Waals surface area contributed by atoms with Crippen LogP contribution in [0.5, 0.6) is 0 Å². The molecule has 190 valence electrons. The van der Waals surface area contributed by atoms with Crippen LogP contribution in [0.1, 0.15) is 6.42 Å². The molecule has 10 heteroatoms. The van der Waals surface area contributed by atoms with Crippen molar-refractivity contribution in [3.8, 4) is 11.1 Å². The van der Waals surface area contributed by atoms with Crippen LogP contribution in [0, 0.1) is 5.82 Å². The average Bonchev–Trinajstić information content (AvgIpc) is 3.39. The van der Waals surface area contributed by atoms with E-state index < -0.39 is 22.0 Å². The number of halogens is 3. The monoisotopic (exact) mass is 525 g/mol. The van der Waals surface area contributed by atoms with Gasteiger partial charge in [0.25, 0.3) is 5.56 Å². The van der Waals surface area contributed by atoms with Gasteiger partial charge in [-0.2, -0.15) is 0 Å². The van der Waals surface area contributed by atoms with Crippen LogP contribution in [0.15, 0.2) is 41.5 Å². The van der Waals surface area contributed by atoms with E-state index in [1.807, 2.05) is 4.57 Å². The molecule has 1 fully saturated rings. The van der Waals surface area contributed by atoms with Crippen LogP contribution < -0.4 is 5.56 Å². The summed E-state index contributed by atoms with van der Waals surface area (Å²) in [6, 6.07) is 6.07. The van der Waals surface area contributed by atoms with Crippen LogP contribution in [0.25, 0.3) is 22.0 Å². The summed E-state index contributed by atoms with van der Waals surface area (Å²) in [6.07, 6.45) is 9.31. The maximum atomic E-state index is 13.8. The van der Waals surface area contributed by atoms with Crippen molar-refractivity contribution in [1.29, 1.82) is 0 Å². The van der Waals surface area contributed by atoms with E-state index in [1.165, 1.54) is 21.6 Å². The molecule has 1 amide bonds. The van der Waals surface area contributed by atoms with E-state index in [2.05, 4.69) is 18.8 Å². The lowest BCUT2D eigenvalue weighted by molar-refractivity contribution is -0.131. The molecule has 0 saturated carbocycles. The van der Waals surface area contributed by atoms with E-state index in [0.717, 1.165) is 5.75 Å². The number of aromatic nitrogens is 2. The summed E-state index contributed by atoms with van der Waals surface area (Å²) in [6.45, 7) is 1.06. The third-order valence-electron chi connectivity index (χ3n) is 6.10. The Morgan fingerprint density at radius 1 is 1.23 bits per heavy atom. The van der Waals surface area contributed by atoms with E-state index in [-0.39, 0.29) is 36.3 Å². The summed E-state index contributed by atoms with van der Waals surface area (Å²) in [5.41, 5.74) is 1.44. The van der Waals surface area contributed by atoms with Gasteiger partial charge in [-0.05, 0) is 49.0 Å². The molecule has 3 heterocycles. The van der Waals surface area contributed by atoms with Crippen LogP contribution >= 0.6 is 21.6 Å². The maximum Gasteiger partial charge on any atom is 0.261 e. The van der Waals surface area contributed by atoms with Gasteiger partial charge in [0.2, 0.25) is 5.91 Å². The van der Waals surface area contributed by atoms with Crippen molar-refractivity contribution in [3.63, 3.8) is 0 Å². The van der Waals surface area contributed by atoms with Crippen molar-refractivity contribution in [2.45, 2.75) is 25.9 Å². The molecular weight excluding hydrogens is 496 g/mol. The molecule has 6 nitrogen and oxygen atoms in total. The quantitative estimate of drug-likeness (QED) is 0.407. The zero-order valence-corrected chi connectivity index (χ0v) is 21.7. The standard InChI is InChI=1S/C25H30ClF2N3O3S/c1-35(2,3)11-10-34-16-31-14-19(17-4-5-21(28)20(26)12-17)24-22(31)7-9-30(25(24)33)15-23(32)29-8-6-18(27)13-29/h4-5,7,9,12,14,18H,6,8,10-11,13,15-16H2,1-3H3. The minimum atomic E-state index is -1.03. The van der Waals surface area contributed by atoms with Gasteiger partial charge in [-0.15, -0.1) is 0 Å². The Morgan fingerprint density at radius 3 is 2.66 bits per heavy atom. The minimum Gasteiger partial charge on any atom is -0.360 e. The lowest BCUT2D eigenvalue weighted by Gasteiger charge is -2.24. The molecule has 2 aromatic heterocycles. The van der Waals surface area contributed by atoms with Crippen LogP contribution in [0.4, 0.5) is 8.78 Å². The summed E-state index contributed by atoms with van der Waals surface area (Å²) < 4.78 is 36.4. The van der Waals surface area contributed by atoms with Gasteiger partial charge in [0.1, 0.15) is 25.3 Å². The van der Waals surface area contributed by atoms with Gasteiger partial charge in [0.05, 0.1) is 29.1 Å². The number of carbonyl (C=O) groups is 1. The molecule has 0 N–H and O–H groups in total. The molecule has 0 bridgehead atoms. The number of likely N-dealkylation sites (tertiary alicyclic amines) is 1. The smallest absolute Gasteiger partial charge is 0.261 e. The summed E-state index contributed by atoms with van der Waals surface area (Å²) in [5.74, 6) is 0.106. The molecule has 1 aliphatic heterocycles. The number of rotatable bonds is 8. The predicted octanol–water partition coefficient (Wildman–Crippen LogP) is 4.50. The molecule has 1 aromatic carbocycles. The number of hydrogen-bond donors (Lipinski definition) is 0. The van der Waals surface area contributed by atoms with Crippen molar-refractivity contribution >= 4 is 38.4 Å². The van der Waals surface area contributed by atoms with Crippen LogP contribution in [-0.2, 0) is 22.8 Å². The molecule has 35 heavy (non-hydrogen) atoms. The summed E-state index contributed by atoms with van der Waals surface area (Å²) >= 11 is 6.02.